The number of carbonyl (C=O) groups is 2. The molecule has 29 heavy (non-hydrogen) atoms. The van der Waals surface area contributed by atoms with E-state index >= 15 is 0 Å². The topological polar surface area (TPSA) is 146 Å². The molecule has 0 aliphatic carbocycles. The van der Waals surface area contributed by atoms with Crippen LogP contribution in [0, 0.1) is 5.82 Å². The normalized spacial score (nSPS) is 12.9. The smallest absolute Gasteiger partial charge is 0.428 e. The number of hydrogen-bond acceptors (Lipinski definition) is 8. The molecule has 0 spiro atoms. The molecule has 1 saturated heterocycles. The third kappa shape index (κ3) is 5.13. The fourth-order valence-electron chi connectivity index (χ4n) is 2.49. The molecule has 1 aromatic heterocycles. The number of carboxylic acid groups (broad SMARTS) is 2. The van der Waals surface area contributed by atoms with Gasteiger partial charge in [0.15, 0.2) is 0 Å². The number of nitrogens with one attached hydrogen (secondary N) is 1. The van der Waals surface area contributed by atoms with E-state index in [9.17, 15) is 14.0 Å². The first-order valence-corrected chi connectivity index (χ1v) is 8.29. The van der Waals surface area contributed by atoms with Gasteiger partial charge in [0.25, 0.3) is 0 Å². The van der Waals surface area contributed by atoms with Crippen LogP contribution in [0.25, 0.3) is 11.1 Å². The van der Waals surface area contributed by atoms with Crippen molar-refractivity contribution in [2.75, 3.05) is 24.6 Å². The van der Waals surface area contributed by atoms with E-state index in [0.29, 0.717) is 30.3 Å². The molecule has 0 atom stereocenters. The van der Waals surface area contributed by atoms with Crippen LogP contribution in [0.2, 0.25) is 0 Å². The maximum atomic E-state index is 14.7. The van der Waals surface area contributed by atoms with E-state index in [1.807, 2.05) is 0 Å². The number of hydroxylamine groups is 1. The lowest BCUT2D eigenvalue weighted by Crippen LogP contribution is -2.48. The van der Waals surface area contributed by atoms with Crippen LogP contribution in [0.4, 0.5) is 15.1 Å². The van der Waals surface area contributed by atoms with Crippen LogP contribution in [0.15, 0.2) is 35.7 Å². The standard InChI is InChI=1S/C17H16FN5O6/c18-15-10(8-28-22-17(26)27)2-1-3-13(15)11-4-19-16(20-5-11)23-6-12(7-23)21-29-9-14(24)25/h1-5,22H,6-9H2,(H,24,25)(H,26,27). The molecule has 1 fully saturated rings. The van der Waals surface area contributed by atoms with Crippen molar-refractivity contribution in [3.05, 3.63) is 42.0 Å². The Morgan fingerprint density at radius 3 is 2.62 bits per heavy atom. The van der Waals surface area contributed by atoms with Gasteiger partial charge in [-0.25, -0.2) is 23.9 Å². The summed E-state index contributed by atoms with van der Waals surface area (Å²) in [5.41, 5.74) is 3.23. The lowest BCUT2D eigenvalue weighted by Gasteiger charge is -2.31. The first kappa shape index (κ1) is 19.9. The van der Waals surface area contributed by atoms with E-state index in [1.165, 1.54) is 18.5 Å². The van der Waals surface area contributed by atoms with E-state index in [0.717, 1.165) is 0 Å². The predicted molar refractivity (Wildman–Crippen MR) is 96.6 cm³/mol. The first-order chi connectivity index (χ1) is 13.9. The van der Waals surface area contributed by atoms with Crippen molar-refractivity contribution < 1.29 is 33.9 Å². The quantitative estimate of drug-likeness (QED) is 0.552. The van der Waals surface area contributed by atoms with Crippen molar-refractivity contribution in [1.82, 2.24) is 15.4 Å². The third-order valence-corrected chi connectivity index (χ3v) is 3.83. The van der Waals surface area contributed by atoms with Crippen molar-refractivity contribution in [3.63, 3.8) is 0 Å². The molecular weight excluding hydrogens is 389 g/mol. The number of carboxylic acids is 1. The van der Waals surface area contributed by atoms with Gasteiger partial charge in [-0.15, -0.1) is 0 Å². The number of nitrogens with zero attached hydrogens (tertiary/aromatic N) is 4. The van der Waals surface area contributed by atoms with Crippen LogP contribution in [-0.2, 0) is 21.1 Å². The summed E-state index contributed by atoms with van der Waals surface area (Å²) in [5.74, 6) is -1.26. The minimum Gasteiger partial charge on any atom is -0.479 e. The molecule has 0 saturated carbocycles. The molecule has 11 nitrogen and oxygen atoms in total. The summed E-state index contributed by atoms with van der Waals surface area (Å²) in [6, 6.07) is 4.64. The Labute approximate surface area is 163 Å². The number of aromatic nitrogens is 2. The van der Waals surface area contributed by atoms with Crippen LogP contribution >= 0.6 is 0 Å². The van der Waals surface area contributed by atoms with Crippen molar-refractivity contribution >= 4 is 23.7 Å². The lowest BCUT2D eigenvalue weighted by atomic mass is 10.1. The molecule has 152 valence electrons. The minimum absolute atomic E-state index is 0.172. The molecule has 1 aliphatic rings. The summed E-state index contributed by atoms with van der Waals surface area (Å²) < 4.78 is 14.7. The molecule has 3 N–H and O–H groups in total. The highest BCUT2D eigenvalue weighted by atomic mass is 19.1. The summed E-state index contributed by atoms with van der Waals surface area (Å²) in [6.45, 7) is 0.0228. The molecule has 12 heteroatoms. The molecule has 1 amide bonds. The average Bonchev–Trinajstić information content (AvgIpc) is 2.65. The molecular formula is C17H16FN5O6. The highest BCUT2D eigenvalue weighted by molar-refractivity contribution is 5.98. The lowest BCUT2D eigenvalue weighted by molar-refractivity contribution is -0.142. The zero-order valence-corrected chi connectivity index (χ0v) is 14.9. The van der Waals surface area contributed by atoms with Crippen molar-refractivity contribution in [1.29, 1.82) is 0 Å². The molecule has 3 rings (SSSR count). The van der Waals surface area contributed by atoms with Crippen LogP contribution in [0.5, 0.6) is 0 Å². The summed E-state index contributed by atoms with van der Waals surface area (Å²) in [6.07, 6.45) is 1.56. The minimum atomic E-state index is -1.38. The fourth-order valence-corrected chi connectivity index (χ4v) is 2.49. The Bertz CT molecular complexity index is 928. The predicted octanol–water partition coefficient (Wildman–Crippen LogP) is 1.26. The van der Waals surface area contributed by atoms with Crippen LogP contribution in [0.1, 0.15) is 5.56 Å². The number of oxime groups is 1. The number of halogens is 1. The Balaban J connectivity index is 1.62. The second-order valence-electron chi connectivity index (χ2n) is 5.93. The van der Waals surface area contributed by atoms with Gasteiger partial charge in [0.1, 0.15) is 12.4 Å². The monoisotopic (exact) mass is 405 g/mol. The van der Waals surface area contributed by atoms with Gasteiger partial charge in [-0.2, -0.15) is 5.48 Å². The molecule has 1 aromatic carbocycles. The van der Waals surface area contributed by atoms with E-state index in [2.05, 4.69) is 20.0 Å². The second-order valence-corrected chi connectivity index (χ2v) is 5.93. The largest absolute Gasteiger partial charge is 0.479 e. The number of anilines is 1. The SMILES string of the molecule is O=C(O)CON=C1CN(c2ncc(-c3cccc(CONC(=O)O)c3F)cn2)C1. The van der Waals surface area contributed by atoms with Gasteiger partial charge >= 0.3 is 12.1 Å². The van der Waals surface area contributed by atoms with E-state index in [-0.39, 0.29) is 17.7 Å². The van der Waals surface area contributed by atoms with Gasteiger partial charge in [-0.1, -0.05) is 23.4 Å². The van der Waals surface area contributed by atoms with Crippen molar-refractivity contribution in [2.24, 2.45) is 5.16 Å². The average molecular weight is 405 g/mol. The number of benzene rings is 1. The van der Waals surface area contributed by atoms with Gasteiger partial charge < -0.3 is 20.0 Å². The zero-order chi connectivity index (χ0) is 20.8. The Kier molecular flexibility index (Phi) is 6.14. The number of rotatable bonds is 8. The zero-order valence-electron chi connectivity index (χ0n) is 14.9. The Hall–Kier alpha value is -3.80. The van der Waals surface area contributed by atoms with Crippen LogP contribution in [-0.4, -0.2) is 57.7 Å². The third-order valence-electron chi connectivity index (χ3n) is 3.83. The summed E-state index contributed by atoms with van der Waals surface area (Å²) in [5, 5.41) is 20.7. The Morgan fingerprint density at radius 2 is 1.97 bits per heavy atom. The van der Waals surface area contributed by atoms with E-state index in [1.54, 1.807) is 22.5 Å². The van der Waals surface area contributed by atoms with Crippen LogP contribution < -0.4 is 10.4 Å². The number of aliphatic carboxylic acids is 1. The van der Waals surface area contributed by atoms with Crippen molar-refractivity contribution in [2.45, 2.75) is 6.61 Å². The first-order valence-electron chi connectivity index (χ1n) is 8.29. The van der Waals surface area contributed by atoms with Gasteiger partial charge in [0.05, 0.1) is 18.8 Å². The summed E-state index contributed by atoms with van der Waals surface area (Å²) in [4.78, 5) is 40.3. The number of hydrogen-bond donors (Lipinski definition) is 3. The Morgan fingerprint density at radius 1 is 1.24 bits per heavy atom. The summed E-state index contributed by atoms with van der Waals surface area (Å²) >= 11 is 0. The fraction of sp³-hybridized carbons (Fsp3) is 0.235. The molecule has 2 heterocycles. The van der Waals surface area contributed by atoms with Crippen molar-refractivity contribution in [3.8, 4) is 11.1 Å². The van der Waals surface area contributed by atoms with Gasteiger partial charge in [-0.05, 0) is 0 Å². The second kappa shape index (κ2) is 8.93. The van der Waals surface area contributed by atoms with E-state index in [4.69, 9.17) is 15.1 Å². The van der Waals surface area contributed by atoms with E-state index < -0.39 is 24.5 Å². The highest BCUT2D eigenvalue weighted by Gasteiger charge is 2.25. The molecule has 0 radical (unpaired) electrons. The number of amides is 1. The molecule has 2 aromatic rings. The maximum absolute atomic E-state index is 14.7. The molecule has 1 aliphatic heterocycles. The highest BCUT2D eigenvalue weighted by Crippen LogP contribution is 2.25. The summed E-state index contributed by atoms with van der Waals surface area (Å²) in [7, 11) is 0. The molecule has 0 bridgehead atoms. The van der Waals surface area contributed by atoms with Crippen LogP contribution in [0.3, 0.4) is 0 Å². The maximum Gasteiger partial charge on any atom is 0.428 e. The van der Waals surface area contributed by atoms with Gasteiger partial charge in [0, 0.05) is 29.1 Å². The van der Waals surface area contributed by atoms with Gasteiger partial charge in [0.2, 0.25) is 12.6 Å². The molecule has 0 unspecified atom stereocenters. The van der Waals surface area contributed by atoms with Gasteiger partial charge in [-0.3, -0.25) is 4.84 Å².